The van der Waals surface area contributed by atoms with Gasteiger partial charge in [0.15, 0.2) is 0 Å². The normalized spacial score (nSPS) is 10.4. The Morgan fingerprint density at radius 1 is 0.905 bits per heavy atom. The van der Waals surface area contributed by atoms with Crippen LogP contribution in [0.15, 0.2) is 48.5 Å². The first-order chi connectivity index (χ1) is 10.3. The van der Waals surface area contributed by atoms with E-state index < -0.39 is 0 Å². The van der Waals surface area contributed by atoms with E-state index in [0.717, 1.165) is 24.4 Å². The van der Waals surface area contributed by atoms with Gasteiger partial charge < -0.3 is 14.8 Å². The molecule has 0 atom stereocenters. The van der Waals surface area contributed by atoms with Gasteiger partial charge in [-0.1, -0.05) is 31.2 Å². The van der Waals surface area contributed by atoms with Gasteiger partial charge in [-0.05, 0) is 41.8 Å². The van der Waals surface area contributed by atoms with Crippen molar-refractivity contribution in [1.82, 2.24) is 0 Å². The summed E-state index contributed by atoms with van der Waals surface area (Å²) in [7, 11) is 1.67. The molecule has 0 unspecified atom stereocenters. The van der Waals surface area contributed by atoms with Gasteiger partial charge in [-0.3, -0.25) is 0 Å². The topological polar surface area (TPSA) is 30.5 Å². The van der Waals surface area contributed by atoms with Crippen molar-refractivity contribution in [2.45, 2.75) is 19.9 Å². The zero-order valence-corrected chi connectivity index (χ0v) is 12.8. The number of rotatable bonds is 8. The van der Waals surface area contributed by atoms with Gasteiger partial charge in [0, 0.05) is 19.3 Å². The predicted molar refractivity (Wildman–Crippen MR) is 87.0 cm³/mol. The fourth-order valence-corrected chi connectivity index (χ4v) is 2.18. The fraction of sp³-hybridized carbons (Fsp3) is 0.333. The Kier molecular flexibility index (Phi) is 6.10. The van der Waals surface area contributed by atoms with E-state index >= 15 is 0 Å². The summed E-state index contributed by atoms with van der Waals surface area (Å²) in [6, 6.07) is 16.6. The third kappa shape index (κ3) is 4.80. The third-order valence-corrected chi connectivity index (χ3v) is 3.39. The SMILES string of the molecule is CCc1ccccc1CNc1ccc(OCCOC)cc1. The van der Waals surface area contributed by atoms with E-state index in [1.54, 1.807) is 7.11 Å². The minimum Gasteiger partial charge on any atom is -0.491 e. The Balaban J connectivity index is 1.88. The average Bonchev–Trinajstić information content (AvgIpc) is 2.54. The highest BCUT2D eigenvalue weighted by Crippen LogP contribution is 2.17. The van der Waals surface area contributed by atoms with E-state index in [2.05, 4.69) is 36.5 Å². The molecule has 2 aromatic rings. The number of methoxy groups -OCH3 is 1. The van der Waals surface area contributed by atoms with Gasteiger partial charge in [-0.25, -0.2) is 0 Å². The molecule has 0 aliphatic carbocycles. The molecule has 112 valence electrons. The van der Waals surface area contributed by atoms with Crippen LogP contribution in [0.5, 0.6) is 5.75 Å². The summed E-state index contributed by atoms with van der Waals surface area (Å²) in [5.41, 5.74) is 3.84. The molecule has 2 rings (SSSR count). The van der Waals surface area contributed by atoms with Crippen LogP contribution in [-0.2, 0) is 17.7 Å². The van der Waals surface area contributed by atoms with Crippen molar-refractivity contribution >= 4 is 5.69 Å². The smallest absolute Gasteiger partial charge is 0.119 e. The predicted octanol–water partition coefficient (Wildman–Crippen LogP) is 3.89. The Morgan fingerprint density at radius 2 is 1.62 bits per heavy atom. The van der Waals surface area contributed by atoms with Crippen molar-refractivity contribution < 1.29 is 9.47 Å². The van der Waals surface area contributed by atoms with Crippen LogP contribution in [0.2, 0.25) is 0 Å². The summed E-state index contributed by atoms with van der Waals surface area (Å²) >= 11 is 0. The van der Waals surface area contributed by atoms with Crippen molar-refractivity contribution in [2.75, 3.05) is 25.6 Å². The van der Waals surface area contributed by atoms with Crippen LogP contribution in [0.25, 0.3) is 0 Å². The minimum absolute atomic E-state index is 0.577. The summed E-state index contributed by atoms with van der Waals surface area (Å²) in [6.07, 6.45) is 1.06. The summed E-state index contributed by atoms with van der Waals surface area (Å²) in [5.74, 6) is 0.867. The molecule has 1 N–H and O–H groups in total. The molecule has 0 saturated heterocycles. The van der Waals surface area contributed by atoms with E-state index in [0.29, 0.717) is 13.2 Å². The van der Waals surface area contributed by atoms with Crippen LogP contribution < -0.4 is 10.1 Å². The number of aryl methyl sites for hydroxylation is 1. The van der Waals surface area contributed by atoms with Crippen LogP contribution in [-0.4, -0.2) is 20.3 Å². The minimum atomic E-state index is 0.577. The van der Waals surface area contributed by atoms with Gasteiger partial charge in [0.2, 0.25) is 0 Å². The first-order valence-corrected chi connectivity index (χ1v) is 7.36. The summed E-state index contributed by atoms with van der Waals surface area (Å²) in [5, 5.41) is 3.45. The maximum atomic E-state index is 5.55. The molecule has 0 radical (unpaired) electrons. The Morgan fingerprint density at radius 3 is 2.29 bits per heavy atom. The fourth-order valence-electron chi connectivity index (χ4n) is 2.18. The van der Waals surface area contributed by atoms with Crippen molar-refractivity contribution in [3.05, 3.63) is 59.7 Å². The van der Waals surface area contributed by atoms with Crippen molar-refractivity contribution in [2.24, 2.45) is 0 Å². The molecule has 0 fully saturated rings. The largest absolute Gasteiger partial charge is 0.491 e. The average molecular weight is 285 g/mol. The number of hydrogen-bond donors (Lipinski definition) is 1. The second-order valence-corrected chi connectivity index (χ2v) is 4.84. The molecule has 0 bridgehead atoms. The molecule has 3 heteroatoms. The molecule has 21 heavy (non-hydrogen) atoms. The molecule has 0 aliphatic rings. The molecule has 0 heterocycles. The number of nitrogens with one attached hydrogen (secondary N) is 1. The lowest BCUT2D eigenvalue weighted by atomic mass is 10.1. The van der Waals surface area contributed by atoms with Gasteiger partial charge in [0.05, 0.1) is 6.61 Å². The van der Waals surface area contributed by atoms with Crippen LogP contribution >= 0.6 is 0 Å². The molecule has 0 spiro atoms. The summed E-state index contributed by atoms with van der Waals surface area (Å²) < 4.78 is 10.5. The zero-order valence-electron chi connectivity index (χ0n) is 12.8. The van der Waals surface area contributed by atoms with Crippen molar-refractivity contribution in [1.29, 1.82) is 0 Å². The van der Waals surface area contributed by atoms with Crippen LogP contribution in [0, 0.1) is 0 Å². The molecule has 0 aromatic heterocycles. The summed E-state index contributed by atoms with van der Waals surface area (Å²) in [6.45, 7) is 4.21. The van der Waals surface area contributed by atoms with Crippen molar-refractivity contribution in [3.8, 4) is 5.75 Å². The first-order valence-electron chi connectivity index (χ1n) is 7.36. The van der Waals surface area contributed by atoms with E-state index in [9.17, 15) is 0 Å². The Hall–Kier alpha value is -2.00. The van der Waals surface area contributed by atoms with E-state index in [-0.39, 0.29) is 0 Å². The van der Waals surface area contributed by atoms with E-state index in [4.69, 9.17) is 9.47 Å². The standard InChI is InChI=1S/C18H23NO2/c1-3-15-6-4-5-7-16(15)14-19-17-8-10-18(11-9-17)21-13-12-20-2/h4-11,19H,3,12-14H2,1-2H3. The molecule has 3 nitrogen and oxygen atoms in total. The van der Waals surface area contributed by atoms with Gasteiger partial charge in [0.1, 0.15) is 12.4 Å². The van der Waals surface area contributed by atoms with Crippen LogP contribution in [0.3, 0.4) is 0 Å². The Labute approximate surface area is 126 Å². The maximum absolute atomic E-state index is 5.55. The highest BCUT2D eigenvalue weighted by Gasteiger charge is 2.00. The van der Waals surface area contributed by atoms with Crippen molar-refractivity contribution in [3.63, 3.8) is 0 Å². The molecule has 0 aliphatic heterocycles. The number of ether oxygens (including phenoxy) is 2. The van der Waals surface area contributed by atoms with Gasteiger partial charge in [0.25, 0.3) is 0 Å². The molecular formula is C18H23NO2. The molecule has 0 amide bonds. The lowest BCUT2D eigenvalue weighted by Crippen LogP contribution is -2.05. The number of benzene rings is 2. The van der Waals surface area contributed by atoms with E-state index in [1.807, 2.05) is 24.3 Å². The summed E-state index contributed by atoms with van der Waals surface area (Å²) in [4.78, 5) is 0. The van der Waals surface area contributed by atoms with Crippen LogP contribution in [0.1, 0.15) is 18.1 Å². The second kappa shape index (κ2) is 8.32. The maximum Gasteiger partial charge on any atom is 0.119 e. The highest BCUT2D eigenvalue weighted by atomic mass is 16.5. The third-order valence-electron chi connectivity index (χ3n) is 3.39. The second-order valence-electron chi connectivity index (χ2n) is 4.84. The lowest BCUT2D eigenvalue weighted by Gasteiger charge is -2.11. The van der Waals surface area contributed by atoms with E-state index in [1.165, 1.54) is 11.1 Å². The van der Waals surface area contributed by atoms with Crippen LogP contribution in [0.4, 0.5) is 5.69 Å². The monoisotopic (exact) mass is 285 g/mol. The molecular weight excluding hydrogens is 262 g/mol. The van der Waals surface area contributed by atoms with Gasteiger partial charge in [-0.15, -0.1) is 0 Å². The number of anilines is 1. The Bertz CT molecular complexity index is 537. The molecule has 0 saturated carbocycles. The quantitative estimate of drug-likeness (QED) is 0.746. The van der Waals surface area contributed by atoms with Gasteiger partial charge >= 0.3 is 0 Å². The van der Waals surface area contributed by atoms with Gasteiger partial charge in [-0.2, -0.15) is 0 Å². The number of hydrogen-bond acceptors (Lipinski definition) is 3. The lowest BCUT2D eigenvalue weighted by molar-refractivity contribution is 0.146. The molecule has 2 aromatic carbocycles. The zero-order chi connectivity index (χ0) is 14.9. The first kappa shape index (κ1) is 15.4. The highest BCUT2D eigenvalue weighted by molar-refractivity contribution is 5.47.